The summed E-state index contributed by atoms with van der Waals surface area (Å²) in [5.74, 6) is 0.718. The number of nitrogens with zero attached hydrogens (tertiary/aromatic N) is 2. The SMILES string of the molecule is CCNC(=NCc1ccc(OC)cc1OC(F)F)NC1CCN(CC(F)(F)F)C1.I. The highest BCUT2D eigenvalue weighted by Gasteiger charge is 2.34. The number of methoxy groups -OCH3 is 1. The summed E-state index contributed by atoms with van der Waals surface area (Å²) in [6.07, 6.45) is -3.69. The zero-order valence-electron chi connectivity index (χ0n) is 16.6. The molecule has 1 aromatic carbocycles. The van der Waals surface area contributed by atoms with E-state index in [9.17, 15) is 22.0 Å². The predicted molar refractivity (Wildman–Crippen MR) is 114 cm³/mol. The van der Waals surface area contributed by atoms with Crippen LogP contribution in [0.3, 0.4) is 0 Å². The number of hydrogen-bond donors (Lipinski definition) is 2. The molecule has 1 heterocycles. The summed E-state index contributed by atoms with van der Waals surface area (Å²) in [6, 6.07) is 4.34. The number of halogens is 6. The van der Waals surface area contributed by atoms with Crippen LogP contribution in [0.25, 0.3) is 0 Å². The average Bonchev–Trinajstić information content (AvgIpc) is 3.05. The van der Waals surface area contributed by atoms with E-state index in [2.05, 4.69) is 20.4 Å². The molecule has 1 atom stereocenters. The van der Waals surface area contributed by atoms with Crippen LogP contribution in [-0.2, 0) is 6.54 Å². The summed E-state index contributed by atoms with van der Waals surface area (Å²) in [7, 11) is 1.41. The monoisotopic (exact) mass is 552 g/mol. The number of ether oxygens (including phenoxy) is 2. The molecule has 0 radical (unpaired) electrons. The number of nitrogens with one attached hydrogen (secondary N) is 2. The number of hydrogen-bond acceptors (Lipinski definition) is 4. The van der Waals surface area contributed by atoms with Crippen molar-refractivity contribution >= 4 is 29.9 Å². The van der Waals surface area contributed by atoms with Crippen LogP contribution in [0.15, 0.2) is 23.2 Å². The van der Waals surface area contributed by atoms with E-state index in [0.29, 0.717) is 36.8 Å². The van der Waals surface area contributed by atoms with Crippen LogP contribution in [0.2, 0.25) is 0 Å². The molecule has 0 amide bonds. The molecule has 1 aliphatic rings. The summed E-state index contributed by atoms with van der Waals surface area (Å²) in [5, 5.41) is 6.11. The molecule has 2 rings (SSSR count). The molecule has 12 heteroatoms. The van der Waals surface area contributed by atoms with Crippen molar-refractivity contribution in [3.8, 4) is 11.5 Å². The number of aliphatic imine (C=N–C) groups is 1. The largest absolute Gasteiger partial charge is 0.497 e. The minimum atomic E-state index is -4.23. The standard InChI is InChI=1S/C18H25F5N4O2.HI/c1-3-24-17(26-13-6-7-27(10-13)11-18(21,22)23)25-9-12-4-5-14(28-2)8-15(12)29-16(19)20;/h4-5,8,13,16H,3,6-7,9-11H2,1-2H3,(H2,24,25,26);1H. The first-order chi connectivity index (χ1) is 13.7. The van der Waals surface area contributed by atoms with Crippen LogP contribution in [0, 0.1) is 0 Å². The van der Waals surface area contributed by atoms with E-state index in [4.69, 9.17) is 4.74 Å². The molecule has 30 heavy (non-hydrogen) atoms. The Labute approximate surface area is 189 Å². The van der Waals surface area contributed by atoms with Gasteiger partial charge in [0.2, 0.25) is 0 Å². The molecular weight excluding hydrogens is 526 g/mol. The van der Waals surface area contributed by atoms with Crippen LogP contribution < -0.4 is 20.1 Å². The average molecular weight is 552 g/mol. The summed E-state index contributed by atoms with van der Waals surface area (Å²) in [5.41, 5.74) is 0.424. The Morgan fingerprint density at radius 3 is 2.67 bits per heavy atom. The summed E-state index contributed by atoms with van der Waals surface area (Å²) in [4.78, 5) is 5.69. The molecule has 0 aliphatic carbocycles. The van der Waals surface area contributed by atoms with Gasteiger partial charge >= 0.3 is 12.8 Å². The van der Waals surface area contributed by atoms with E-state index in [1.165, 1.54) is 18.1 Å². The Balaban J connectivity index is 0.00000450. The van der Waals surface area contributed by atoms with Gasteiger partial charge < -0.3 is 20.1 Å². The maximum absolute atomic E-state index is 12.7. The minimum Gasteiger partial charge on any atom is -0.497 e. The summed E-state index contributed by atoms with van der Waals surface area (Å²) in [6.45, 7) is -0.934. The lowest BCUT2D eigenvalue weighted by atomic mass is 10.2. The van der Waals surface area contributed by atoms with Crippen LogP contribution in [0.5, 0.6) is 11.5 Å². The Morgan fingerprint density at radius 2 is 2.07 bits per heavy atom. The van der Waals surface area contributed by atoms with Crippen molar-refractivity contribution in [3.05, 3.63) is 23.8 Å². The normalized spacial score (nSPS) is 17.6. The molecule has 172 valence electrons. The first-order valence-electron chi connectivity index (χ1n) is 9.16. The fourth-order valence-electron chi connectivity index (χ4n) is 3.02. The zero-order chi connectivity index (χ0) is 21.4. The van der Waals surface area contributed by atoms with Gasteiger partial charge in [0.15, 0.2) is 5.96 Å². The van der Waals surface area contributed by atoms with Crippen molar-refractivity contribution in [1.82, 2.24) is 15.5 Å². The molecular formula is C18H26F5IN4O2. The number of rotatable bonds is 8. The highest BCUT2D eigenvalue weighted by Crippen LogP contribution is 2.27. The smallest absolute Gasteiger partial charge is 0.401 e. The third-order valence-corrected chi connectivity index (χ3v) is 4.26. The maximum atomic E-state index is 12.7. The van der Waals surface area contributed by atoms with E-state index >= 15 is 0 Å². The Morgan fingerprint density at radius 1 is 1.33 bits per heavy atom. The van der Waals surface area contributed by atoms with Gasteiger partial charge in [-0.3, -0.25) is 4.90 Å². The number of likely N-dealkylation sites (tertiary alicyclic amines) is 1. The van der Waals surface area contributed by atoms with Gasteiger partial charge in [-0.1, -0.05) is 0 Å². The predicted octanol–water partition coefficient (Wildman–Crippen LogP) is 3.61. The lowest BCUT2D eigenvalue weighted by Gasteiger charge is -2.20. The van der Waals surface area contributed by atoms with Crippen molar-refractivity contribution in [1.29, 1.82) is 0 Å². The highest BCUT2D eigenvalue weighted by atomic mass is 127. The summed E-state index contributed by atoms with van der Waals surface area (Å²) < 4.78 is 72.5. The second-order valence-electron chi connectivity index (χ2n) is 6.53. The van der Waals surface area contributed by atoms with Gasteiger partial charge in [-0.15, -0.1) is 24.0 Å². The maximum Gasteiger partial charge on any atom is 0.401 e. The van der Waals surface area contributed by atoms with Gasteiger partial charge in [0, 0.05) is 37.3 Å². The van der Waals surface area contributed by atoms with Gasteiger partial charge in [-0.25, -0.2) is 4.99 Å². The zero-order valence-corrected chi connectivity index (χ0v) is 19.0. The van der Waals surface area contributed by atoms with Gasteiger partial charge in [0.25, 0.3) is 0 Å². The van der Waals surface area contributed by atoms with Crippen molar-refractivity contribution in [2.24, 2.45) is 4.99 Å². The van der Waals surface area contributed by atoms with Crippen LogP contribution >= 0.6 is 24.0 Å². The fourth-order valence-corrected chi connectivity index (χ4v) is 3.02. The summed E-state index contributed by atoms with van der Waals surface area (Å²) >= 11 is 0. The quantitative estimate of drug-likeness (QED) is 0.224. The molecule has 1 aromatic rings. The van der Waals surface area contributed by atoms with Crippen LogP contribution in [0.4, 0.5) is 22.0 Å². The van der Waals surface area contributed by atoms with Gasteiger partial charge in [-0.2, -0.15) is 22.0 Å². The van der Waals surface area contributed by atoms with Crippen molar-refractivity contribution in [2.75, 3.05) is 33.3 Å². The molecule has 0 aromatic heterocycles. The molecule has 0 bridgehead atoms. The topological polar surface area (TPSA) is 58.1 Å². The third-order valence-electron chi connectivity index (χ3n) is 4.26. The second kappa shape index (κ2) is 12.3. The Hall–Kier alpha value is -1.57. The molecule has 2 N–H and O–H groups in total. The number of alkyl halides is 5. The third kappa shape index (κ3) is 9.06. The molecule has 1 fully saturated rings. The lowest BCUT2D eigenvalue weighted by Crippen LogP contribution is -2.45. The Kier molecular flexibility index (Phi) is 10.9. The highest BCUT2D eigenvalue weighted by molar-refractivity contribution is 14.0. The first kappa shape index (κ1) is 26.5. The first-order valence-corrected chi connectivity index (χ1v) is 9.16. The van der Waals surface area contributed by atoms with Gasteiger partial charge in [-0.05, 0) is 25.5 Å². The Bertz CT molecular complexity index is 691. The molecule has 1 saturated heterocycles. The van der Waals surface area contributed by atoms with E-state index in [1.807, 2.05) is 6.92 Å². The van der Waals surface area contributed by atoms with Crippen molar-refractivity contribution in [2.45, 2.75) is 38.7 Å². The fraction of sp³-hybridized carbons (Fsp3) is 0.611. The molecule has 0 saturated carbocycles. The van der Waals surface area contributed by atoms with Crippen LogP contribution in [-0.4, -0.2) is 63.0 Å². The van der Waals surface area contributed by atoms with Crippen molar-refractivity contribution in [3.63, 3.8) is 0 Å². The van der Waals surface area contributed by atoms with Crippen molar-refractivity contribution < 1.29 is 31.4 Å². The number of benzene rings is 1. The van der Waals surface area contributed by atoms with Gasteiger partial charge in [0.1, 0.15) is 11.5 Å². The molecule has 1 unspecified atom stereocenters. The van der Waals surface area contributed by atoms with E-state index in [1.54, 1.807) is 12.1 Å². The molecule has 0 spiro atoms. The molecule has 6 nitrogen and oxygen atoms in total. The lowest BCUT2D eigenvalue weighted by molar-refractivity contribution is -0.143. The van der Waals surface area contributed by atoms with E-state index in [0.717, 1.165) is 0 Å². The van der Waals surface area contributed by atoms with E-state index in [-0.39, 0.29) is 48.9 Å². The molecule has 1 aliphatic heterocycles. The number of guanidine groups is 1. The second-order valence-corrected chi connectivity index (χ2v) is 6.53. The van der Waals surface area contributed by atoms with Gasteiger partial charge in [0.05, 0.1) is 20.2 Å². The minimum absolute atomic E-state index is 0. The van der Waals surface area contributed by atoms with E-state index < -0.39 is 19.3 Å². The van der Waals surface area contributed by atoms with Crippen LogP contribution in [0.1, 0.15) is 18.9 Å².